The van der Waals surface area contributed by atoms with Crippen LogP contribution in [0.5, 0.6) is 0 Å². The van der Waals surface area contributed by atoms with Gasteiger partial charge in [0, 0.05) is 11.9 Å². The van der Waals surface area contributed by atoms with E-state index < -0.39 is 29.0 Å². The van der Waals surface area contributed by atoms with Crippen molar-refractivity contribution in [1.29, 1.82) is 0 Å². The molecule has 7 heteroatoms. The Hall–Kier alpha value is -1.43. The van der Waals surface area contributed by atoms with Gasteiger partial charge in [-0.15, -0.1) is 11.6 Å². The fourth-order valence-electron chi connectivity index (χ4n) is 1.08. The number of aromatic carboxylic acids is 1. The summed E-state index contributed by atoms with van der Waals surface area (Å²) in [6.45, 7) is 0. The van der Waals surface area contributed by atoms with Crippen LogP contribution >= 0.6 is 11.6 Å². The van der Waals surface area contributed by atoms with Crippen LogP contribution < -0.4 is 5.43 Å². The van der Waals surface area contributed by atoms with Crippen LogP contribution in [0.3, 0.4) is 0 Å². The number of aromatic amines is 1. The summed E-state index contributed by atoms with van der Waals surface area (Å²) in [4.78, 5) is 24.2. The van der Waals surface area contributed by atoms with Crippen LogP contribution in [0.2, 0.25) is 0 Å². The van der Waals surface area contributed by atoms with Crippen molar-refractivity contribution >= 4 is 17.6 Å². The lowest BCUT2D eigenvalue weighted by Gasteiger charge is -2.04. The van der Waals surface area contributed by atoms with Crippen LogP contribution in [-0.4, -0.2) is 16.1 Å². The number of carbonyl (C=O) groups is 1. The smallest absolute Gasteiger partial charge is 0.341 e. The molecule has 0 bridgehead atoms. The molecule has 0 aliphatic heterocycles. The summed E-state index contributed by atoms with van der Waals surface area (Å²) < 4.78 is 24.5. The lowest BCUT2D eigenvalue weighted by molar-refractivity contribution is 0.0693. The van der Waals surface area contributed by atoms with Gasteiger partial charge in [0.2, 0.25) is 5.43 Å². The molecule has 2 N–H and O–H groups in total. The molecule has 0 amide bonds. The third-order valence-corrected chi connectivity index (χ3v) is 2.04. The Morgan fingerprint density at radius 1 is 1.60 bits per heavy atom. The minimum atomic E-state index is -3.02. The third-order valence-electron chi connectivity index (χ3n) is 1.78. The summed E-state index contributed by atoms with van der Waals surface area (Å²) in [6, 6.07) is 0. The minimum absolute atomic E-state index is 0.0847. The van der Waals surface area contributed by atoms with Crippen LogP contribution in [-0.2, 0) is 5.88 Å². The van der Waals surface area contributed by atoms with Gasteiger partial charge in [-0.2, -0.15) is 0 Å². The Morgan fingerprint density at radius 3 is 2.60 bits per heavy atom. The average molecular weight is 238 g/mol. The molecule has 0 aliphatic rings. The molecule has 0 spiro atoms. The number of hydrogen-bond donors (Lipinski definition) is 2. The van der Waals surface area contributed by atoms with Crippen molar-refractivity contribution in [2.45, 2.75) is 12.3 Å². The number of rotatable bonds is 3. The molecule has 0 fully saturated rings. The van der Waals surface area contributed by atoms with Crippen molar-refractivity contribution in [2.75, 3.05) is 0 Å². The molecule has 0 radical (unpaired) electrons. The zero-order valence-electron chi connectivity index (χ0n) is 7.26. The van der Waals surface area contributed by atoms with E-state index in [1.807, 2.05) is 0 Å². The van der Waals surface area contributed by atoms with E-state index in [0.29, 0.717) is 0 Å². The van der Waals surface area contributed by atoms with Gasteiger partial charge in [-0.3, -0.25) is 4.79 Å². The monoisotopic (exact) mass is 237 g/mol. The first-order chi connectivity index (χ1) is 6.99. The van der Waals surface area contributed by atoms with Crippen molar-refractivity contribution in [1.82, 2.24) is 4.98 Å². The van der Waals surface area contributed by atoms with E-state index in [4.69, 9.17) is 16.7 Å². The van der Waals surface area contributed by atoms with Gasteiger partial charge in [-0.05, 0) is 0 Å². The largest absolute Gasteiger partial charge is 0.477 e. The Kier molecular flexibility index (Phi) is 3.41. The van der Waals surface area contributed by atoms with Crippen LogP contribution in [0.25, 0.3) is 0 Å². The first-order valence-corrected chi connectivity index (χ1v) is 4.34. The van der Waals surface area contributed by atoms with E-state index in [0.717, 1.165) is 6.20 Å². The molecule has 1 heterocycles. The second kappa shape index (κ2) is 4.39. The highest BCUT2D eigenvalue weighted by atomic mass is 35.5. The summed E-state index contributed by atoms with van der Waals surface area (Å²) >= 11 is 5.36. The summed E-state index contributed by atoms with van der Waals surface area (Å²) in [6.07, 6.45) is -2.24. The van der Waals surface area contributed by atoms with Crippen LogP contribution in [0, 0.1) is 0 Å². The molecule has 0 saturated heterocycles. The van der Waals surface area contributed by atoms with E-state index in [1.54, 1.807) is 0 Å². The maximum absolute atomic E-state index is 12.3. The van der Waals surface area contributed by atoms with E-state index in [1.165, 1.54) is 0 Å². The normalized spacial score (nSPS) is 10.7. The van der Waals surface area contributed by atoms with Gasteiger partial charge < -0.3 is 10.1 Å². The fourth-order valence-corrected chi connectivity index (χ4v) is 1.29. The van der Waals surface area contributed by atoms with Crippen molar-refractivity contribution < 1.29 is 18.7 Å². The molecule has 0 atom stereocenters. The molecule has 0 saturated carbocycles. The SMILES string of the molecule is O=C(O)c1c(CCl)[nH]cc(C(F)F)c1=O. The first-order valence-electron chi connectivity index (χ1n) is 3.81. The molecular weight excluding hydrogens is 232 g/mol. The standard InChI is InChI=1S/C8H6ClF2NO3/c9-1-4-5(8(14)15)6(13)3(2-12-4)7(10)11/h2,7H,1H2,(H,12,13)(H,14,15). The molecule has 0 aromatic carbocycles. The first kappa shape index (κ1) is 11.6. The zero-order valence-corrected chi connectivity index (χ0v) is 8.02. The molecule has 82 valence electrons. The average Bonchev–Trinajstić information content (AvgIpc) is 2.15. The number of hydrogen-bond acceptors (Lipinski definition) is 2. The number of alkyl halides is 3. The highest BCUT2D eigenvalue weighted by Gasteiger charge is 2.21. The Morgan fingerprint density at radius 2 is 2.20 bits per heavy atom. The molecule has 4 nitrogen and oxygen atoms in total. The summed E-state index contributed by atoms with van der Waals surface area (Å²) in [7, 11) is 0. The predicted octanol–water partition coefficient (Wildman–Crippen LogP) is 1.75. The van der Waals surface area contributed by atoms with Crippen molar-refractivity contribution in [2.24, 2.45) is 0 Å². The topological polar surface area (TPSA) is 70.2 Å². The predicted molar refractivity (Wildman–Crippen MR) is 48.5 cm³/mol. The Balaban J connectivity index is 3.50. The van der Waals surface area contributed by atoms with Gasteiger partial charge in [-0.25, -0.2) is 13.6 Å². The number of aromatic nitrogens is 1. The van der Waals surface area contributed by atoms with Crippen molar-refractivity contribution in [3.05, 3.63) is 33.2 Å². The number of carboxylic acids is 1. The third kappa shape index (κ3) is 2.15. The summed E-state index contributed by atoms with van der Waals surface area (Å²) in [5, 5.41) is 8.66. The second-order valence-electron chi connectivity index (χ2n) is 2.67. The van der Waals surface area contributed by atoms with E-state index >= 15 is 0 Å². The van der Waals surface area contributed by atoms with Gasteiger partial charge >= 0.3 is 5.97 Å². The van der Waals surface area contributed by atoms with Gasteiger partial charge in [0.05, 0.1) is 11.4 Å². The van der Waals surface area contributed by atoms with Crippen LogP contribution in [0.15, 0.2) is 11.0 Å². The maximum atomic E-state index is 12.3. The number of H-pyrrole nitrogens is 1. The van der Waals surface area contributed by atoms with Gasteiger partial charge in [-0.1, -0.05) is 0 Å². The van der Waals surface area contributed by atoms with Crippen LogP contribution in [0.4, 0.5) is 8.78 Å². The van der Waals surface area contributed by atoms with E-state index in [9.17, 15) is 18.4 Å². The fraction of sp³-hybridized carbons (Fsp3) is 0.250. The zero-order chi connectivity index (χ0) is 11.6. The Labute approximate surface area is 87.5 Å². The quantitative estimate of drug-likeness (QED) is 0.787. The molecule has 1 aromatic heterocycles. The molecule has 0 unspecified atom stereocenters. The highest BCUT2D eigenvalue weighted by Crippen LogP contribution is 2.16. The van der Waals surface area contributed by atoms with Gasteiger partial charge in [0.15, 0.2) is 0 Å². The highest BCUT2D eigenvalue weighted by molar-refractivity contribution is 6.17. The molecule has 1 rings (SSSR count). The lowest BCUT2D eigenvalue weighted by atomic mass is 10.1. The van der Waals surface area contributed by atoms with Crippen molar-refractivity contribution in [3.63, 3.8) is 0 Å². The number of pyridine rings is 1. The van der Waals surface area contributed by atoms with E-state index in [-0.39, 0.29) is 11.6 Å². The minimum Gasteiger partial charge on any atom is -0.477 e. The van der Waals surface area contributed by atoms with Gasteiger partial charge in [0.1, 0.15) is 5.56 Å². The molecule has 1 aromatic rings. The number of carboxylic acid groups (broad SMARTS) is 1. The summed E-state index contributed by atoms with van der Waals surface area (Å²) in [5.74, 6) is -1.84. The maximum Gasteiger partial charge on any atom is 0.341 e. The number of nitrogens with one attached hydrogen (secondary N) is 1. The summed E-state index contributed by atoms with van der Waals surface area (Å²) in [5.41, 5.74) is -2.89. The van der Waals surface area contributed by atoms with Gasteiger partial charge in [0.25, 0.3) is 6.43 Å². The molecule has 0 aliphatic carbocycles. The Bertz CT molecular complexity index is 444. The lowest BCUT2D eigenvalue weighted by Crippen LogP contribution is -2.22. The van der Waals surface area contributed by atoms with E-state index in [2.05, 4.69) is 4.98 Å². The van der Waals surface area contributed by atoms with Crippen molar-refractivity contribution in [3.8, 4) is 0 Å². The molecular formula is C8H6ClF2NO3. The number of halogens is 3. The van der Waals surface area contributed by atoms with Crippen LogP contribution in [0.1, 0.15) is 28.0 Å². The molecule has 15 heavy (non-hydrogen) atoms. The second-order valence-corrected chi connectivity index (χ2v) is 2.93.